The van der Waals surface area contributed by atoms with E-state index in [-0.39, 0.29) is 12.6 Å². The fourth-order valence-electron chi connectivity index (χ4n) is 2.00. The molecule has 2 nitrogen and oxygen atoms in total. The monoisotopic (exact) mass is 275 g/mol. The third kappa shape index (κ3) is 3.90. The second kappa shape index (κ2) is 6.85. The number of nitrogens with one attached hydrogen (secondary N) is 1. The summed E-state index contributed by atoms with van der Waals surface area (Å²) in [4.78, 5) is 1.30. The molecule has 0 aliphatic heterocycles. The van der Waals surface area contributed by atoms with E-state index in [4.69, 9.17) is 0 Å². The maximum absolute atomic E-state index is 9.30. The molecular weight excluding hydrogens is 254 g/mol. The minimum Gasteiger partial charge on any atom is -0.395 e. The molecule has 2 aromatic rings. The van der Waals surface area contributed by atoms with Gasteiger partial charge in [-0.25, -0.2) is 0 Å². The molecule has 1 aromatic carbocycles. The van der Waals surface area contributed by atoms with Crippen molar-refractivity contribution >= 4 is 11.3 Å². The lowest BCUT2D eigenvalue weighted by Crippen LogP contribution is -2.36. The van der Waals surface area contributed by atoms with E-state index in [1.165, 1.54) is 16.0 Å². The van der Waals surface area contributed by atoms with Crippen LogP contribution in [0.2, 0.25) is 0 Å². The molecule has 0 saturated carbocycles. The molecule has 0 spiro atoms. The van der Waals surface area contributed by atoms with Crippen LogP contribution in [-0.2, 0) is 6.54 Å². The number of aliphatic hydroxyl groups is 1. The van der Waals surface area contributed by atoms with Crippen LogP contribution in [0.15, 0.2) is 41.8 Å². The average Bonchev–Trinajstić information content (AvgIpc) is 2.89. The van der Waals surface area contributed by atoms with Gasteiger partial charge in [0.2, 0.25) is 0 Å². The Morgan fingerprint density at radius 3 is 2.53 bits per heavy atom. The van der Waals surface area contributed by atoms with Gasteiger partial charge in [-0.2, -0.15) is 0 Å². The topological polar surface area (TPSA) is 32.3 Å². The zero-order valence-corrected chi connectivity index (χ0v) is 12.3. The highest BCUT2D eigenvalue weighted by molar-refractivity contribution is 7.10. The summed E-state index contributed by atoms with van der Waals surface area (Å²) < 4.78 is 0. The van der Waals surface area contributed by atoms with Gasteiger partial charge in [-0.15, -0.1) is 11.3 Å². The van der Waals surface area contributed by atoms with Gasteiger partial charge >= 0.3 is 0 Å². The minimum atomic E-state index is 0.169. The molecule has 102 valence electrons. The number of thiophene rings is 1. The summed E-state index contributed by atoms with van der Waals surface area (Å²) in [5, 5.41) is 14.9. The lowest BCUT2D eigenvalue weighted by Gasteiger charge is -2.19. The van der Waals surface area contributed by atoms with Crippen molar-refractivity contribution in [1.29, 1.82) is 0 Å². The van der Waals surface area contributed by atoms with Crippen molar-refractivity contribution in [3.8, 4) is 11.1 Å². The molecular formula is C16H21NOS. The van der Waals surface area contributed by atoms with E-state index in [1.54, 1.807) is 11.3 Å². The highest BCUT2D eigenvalue weighted by atomic mass is 32.1. The summed E-state index contributed by atoms with van der Waals surface area (Å²) in [7, 11) is 0. The first-order valence-corrected chi connectivity index (χ1v) is 7.55. The van der Waals surface area contributed by atoms with Crippen LogP contribution in [0.3, 0.4) is 0 Å². The molecule has 19 heavy (non-hydrogen) atoms. The molecule has 0 unspecified atom stereocenters. The summed E-state index contributed by atoms with van der Waals surface area (Å²) in [5.41, 5.74) is 2.53. The molecule has 2 N–H and O–H groups in total. The smallest absolute Gasteiger partial charge is 0.0587 e. The van der Waals surface area contributed by atoms with Crippen LogP contribution in [0.25, 0.3) is 11.1 Å². The lowest BCUT2D eigenvalue weighted by atomic mass is 10.1. The first-order chi connectivity index (χ1) is 9.20. The molecule has 2 rings (SSSR count). The second-order valence-electron chi connectivity index (χ2n) is 5.08. The van der Waals surface area contributed by atoms with E-state index in [9.17, 15) is 5.11 Å². The normalized spacial score (nSPS) is 12.8. The number of benzene rings is 1. The van der Waals surface area contributed by atoms with Crippen LogP contribution in [0, 0.1) is 5.92 Å². The van der Waals surface area contributed by atoms with Crippen LogP contribution in [0.4, 0.5) is 0 Å². The quantitative estimate of drug-likeness (QED) is 0.845. The van der Waals surface area contributed by atoms with E-state index in [1.807, 2.05) is 6.07 Å². The molecule has 3 heteroatoms. The number of hydrogen-bond acceptors (Lipinski definition) is 3. The SMILES string of the molecule is CC(C)[C@@H](CO)NCc1cc(-c2ccccc2)cs1. The summed E-state index contributed by atoms with van der Waals surface area (Å²) >= 11 is 1.76. The molecule has 0 aliphatic carbocycles. The van der Waals surface area contributed by atoms with Crippen molar-refractivity contribution in [1.82, 2.24) is 5.32 Å². The number of rotatable bonds is 6. The Bertz CT molecular complexity index is 492. The third-order valence-electron chi connectivity index (χ3n) is 3.30. The molecule has 0 amide bonds. The van der Waals surface area contributed by atoms with Crippen LogP contribution >= 0.6 is 11.3 Å². The molecule has 1 aromatic heterocycles. The van der Waals surface area contributed by atoms with Gasteiger partial charge in [0.15, 0.2) is 0 Å². The van der Waals surface area contributed by atoms with Crippen LogP contribution in [0.1, 0.15) is 18.7 Å². The van der Waals surface area contributed by atoms with Crippen molar-refractivity contribution in [2.75, 3.05) is 6.61 Å². The summed E-state index contributed by atoms with van der Waals surface area (Å²) in [6.07, 6.45) is 0. The maximum Gasteiger partial charge on any atom is 0.0587 e. The van der Waals surface area contributed by atoms with Gasteiger partial charge in [-0.3, -0.25) is 0 Å². The zero-order chi connectivity index (χ0) is 13.7. The standard InChI is InChI=1S/C16H21NOS/c1-12(2)16(10-18)17-9-15-8-14(11-19-15)13-6-4-3-5-7-13/h3-8,11-12,16-18H,9-10H2,1-2H3/t16-/m1/s1. The fraction of sp³-hybridized carbons (Fsp3) is 0.375. The zero-order valence-electron chi connectivity index (χ0n) is 11.5. The molecule has 0 aliphatic rings. The molecule has 0 fully saturated rings. The van der Waals surface area contributed by atoms with Crippen LogP contribution in [-0.4, -0.2) is 17.8 Å². The predicted molar refractivity (Wildman–Crippen MR) is 82.3 cm³/mol. The van der Waals surface area contributed by atoms with E-state index < -0.39 is 0 Å². The maximum atomic E-state index is 9.30. The molecule has 1 heterocycles. The van der Waals surface area contributed by atoms with E-state index >= 15 is 0 Å². The Morgan fingerprint density at radius 1 is 1.16 bits per heavy atom. The number of hydrogen-bond donors (Lipinski definition) is 2. The Kier molecular flexibility index (Phi) is 5.14. The van der Waals surface area contributed by atoms with Gasteiger partial charge in [0, 0.05) is 17.5 Å². The Balaban J connectivity index is 1.98. The average molecular weight is 275 g/mol. The van der Waals surface area contributed by atoms with Crippen molar-refractivity contribution in [3.63, 3.8) is 0 Å². The molecule has 0 bridgehead atoms. The summed E-state index contributed by atoms with van der Waals surface area (Å²) in [5.74, 6) is 0.443. The highest BCUT2D eigenvalue weighted by Crippen LogP contribution is 2.25. The lowest BCUT2D eigenvalue weighted by molar-refractivity contribution is 0.210. The largest absolute Gasteiger partial charge is 0.395 e. The number of aliphatic hydroxyl groups excluding tert-OH is 1. The van der Waals surface area contributed by atoms with Gasteiger partial charge in [-0.1, -0.05) is 44.2 Å². The van der Waals surface area contributed by atoms with Crippen LogP contribution < -0.4 is 5.32 Å². The minimum absolute atomic E-state index is 0.169. The predicted octanol–water partition coefficient (Wildman–Crippen LogP) is 3.52. The Hall–Kier alpha value is -1.16. The van der Waals surface area contributed by atoms with Crippen molar-refractivity contribution in [3.05, 3.63) is 46.7 Å². The second-order valence-corrected chi connectivity index (χ2v) is 6.08. The van der Waals surface area contributed by atoms with Gasteiger partial charge in [0.25, 0.3) is 0 Å². The van der Waals surface area contributed by atoms with E-state index in [0.29, 0.717) is 5.92 Å². The van der Waals surface area contributed by atoms with Crippen LogP contribution in [0.5, 0.6) is 0 Å². The van der Waals surface area contributed by atoms with Gasteiger partial charge in [-0.05, 0) is 28.5 Å². The third-order valence-corrected chi connectivity index (χ3v) is 4.24. The molecule has 0 saturated heterocycles. The van der Waals surface area contributed by atoms with Gasteiger partial charge in [0.1, 0.15) is 0 Å². The Morgan fingerprint density at radius 2 is 1.89 bits per heavy atom. The Labute approximate surface area is 119 Å². The molecule has 0 radical (unpaired) electrons. The van der Waals surface area contributed by atoms with Gasteiger partial charge in [0.05, 0.1) is 6.61 Å². The van der Waals surface area contributed by atoms with E-state index in [2.05, 4.69) is 54.9 Å². The first kappa shape index (κ1) is 14.3. The van der Waals surface area contributed by atoms with Crippen molar-refractivity contribution in [2.24, 2.45) is 5.92 Å². The van der Waals surface area contributed by atoms with E-state index in [0.717, 1.165) is 6.54 Å². The fourth-order valence-corrected chi connectivity index (χ4v) is 2.84. The molecule has 1 atom stereocenters. The summed E-state index contributed by atoms with van der Waals surface area (Å²) in [6.45, 7) is 5.25. The summed E-state index contributed by atoms with van der Waals surface area (Å²) in [6, 6.07) is 12.8. The first-order valence-electron chi connectivity index (χ1n) is 6.67. The van der Waals surface area contributed by atoms with Crippen molar-refractivity contribution < 1.29 is 5.11 Å². The highest BCUT2D eigenvalue weighted by Gasteiger charge is 2.11. The van der Waals surface area contributed by atoms with Gasteiger partial charge < -0.3 is 10.4 Å². The van der Waals surface area contributed by atoms with Crippen molar-refractivity contribution in [2.45, 2.75) is 26.4 Å².